The molecule has 0 amide bonds. The Balaban J connectivity index is 0.00000128. The highest BCUT2D eigenvalue weighted by molar-refractivity contribution is 5.85. The minimum atomic E-state index is -0.122. The Hall–Kier alpha value is -1.16. The summed E-state index contributed by atoms with van der Waals surface area (Å²) in [5, 5.41) is 9.94. The minimum Gasteiger partial charge on any atom is -0.396 e. The predicted molar refractivity (Wildman–Crippen MR) is 67.6 cm³/mol. The van der Waals surface area contributed by atoms with Crippen molar-refractivity contribution in [3.63, 3.8) is 0 Å². The average Bonchev–Trinajstić information content (AvgIpc) is 2.28. The zero-order valence-corrected chi connectivity index (χ0v) is 9.65. The van der Waals surface area contributed by atoms with Gasteiger partial charge in [0.15, 0.2) is 0 Å². The largest absolute Gasteiger partial charge is 0.396 e. The van der Waals surface area contributed by atoms with Gasteiger partial charge in [0, 0.05) is 24.2 Å². The topological polar surface area (TPSA) is 59.1 Å². The van der Waals surface area contributed by atoms with E-state index in [9.17, 15) is 0 Å². The Kier molecular flexibility index (Phi) is 4.68. The first-order valence-electron chi connectivity index (χ1n) is 5.03. The maximum atomic E-state index is 8.87. The maximum absolute atomic E-state index is 8.87. The van der Waals surface area contributed by atoms with Crippen molar-refractivity contribution in [1.82, 2.24) is 4.98 Å². The third-order valence-electron chi connectivity index (χ3n) is 2.52. The van der Waals surface area contributed by atoms with Gasteiger partial charge >= 0.3 is 0 Å². The smallest absolute Gasteiger partial charge is 0.0705 e. The summed E-state index contributed by atoms with van der Waals surface area (Å²) in [4.78, 5) is 4.27. The van der Waals surface area contributed by atoms with Gasteiger partial charge in [-0.1, -0.05) is 18.2 Å². The van der Waals surface area contributed by atoms with Crippen LogP contribution in [0.2, 0.25) is 0 Å². The molecule has 1 atom stereocenters. The van der Waals surface area contributed by atoms with Gasteiger partial charge in [-0.2, -0.15) is 0 Å². The molecule has 0 saturated heterocycles. The molecule has 0 spiro atoms. The predicted octanol–water partition coefficient (Wildman–Crippen LogP) is 2.04. The van der Waals surface area contributed by atoms with Crippen LogP contribution in [0.5, 0.6) is 0 Å². The van der Waals surface area contributed by atoms with Gasteiger partial charge < -0.3 is 10.8 Å². The van der Waals surface area contributed by atoms with E-state index in [4.69, 9.17) is 10.8 Å². The summed E-state index contributed by atoms with van der Waals surface area (Å²) in [6.45, 7) is 0.109. The Morgan fingerprint density at radius 2 is 2.00 bits per heavy atom. The third-order valence-corrected chi connectivity index (χ3v) is 2.52. The fourth-order valence-electron chi connectivity index (χ4n) is 1.74. The number of hydrogen-bond donors (Lipinski definition) is 2. The van der Waals surface area contributed by atoms with Crippen molar-refractivity contribution in [2.24, 2.45) is 5.73 Å². The molecule has 1 aromatic heterocycles. The molecular formula is C12H15ClN2O. The number of fused-ring (bicyclic) bond motifs is 1. The number of aliphatic hydroxyl groups is 1. The summed E-state index contributed by atoms with van der Waals surface area (Å²) < 4.78 is 0. The number of para-hydroxylation sites is 1. The first kappa shape index (κ1) is 12.9. The fraction of sp³-hybridized carbons (Fsp3) is 0.250. The van der Waals surface area contributed by atoms with E-state index >= 15 is 0 Å². The number of nitrogens with two attached hydrogens (primary N) is 1. The molecule has 16 heavy (non-hydrogen) atoms. The zero-order valence-electron chi connectivity index (χ0n) is 8.84. The summed E-state index contributed by atoms with van der Waals surface area (Å²) in [5.41, 5.74) is 7.98. The second-order valence-electron chi connectivity index (χ2n) is 3.54. The zero-order chi connectivity index (χ0) is 10.7. The van der Waals surface area contributed by atoms with Crippen molar-refractivity contribution in [1.29, 1.82) is 0 Å². The lowest BCUT2D eigenvalue weighted by atomic mass is 10.0. The van der Waals surface area contributed by atoms with E-state index < -0.39 is 0 Å². The van der Waals surface area contributed by atoms with Crippen molar-refractivity contribution < 1.29 is 5.11 Å². The third kappa shape index (κ3) is 2.50. The molecule has 2 rings (SSSR count). The molecule has 3 nitrogen and oxygen atoms in total. The Morgan fingerprint density at radius 3 is 2.75 bits per heavy atom. The summed E-state index contributed by atoms with van der Waals surface area (Å²) in [6.07, 6.45) is 2.34. The number of rotatable bonds is 3. The molecular weight excluding hydrogens is 224 g/mol. The van der Waals surface area contributed by atoms with Crippen LogP contribution in [-0.4, -0.2) is 16.7 Å². The molecule has 0 saturated carbocycles. The molecule has 1 heterocycles. The SMILES string of the molecule is Cl.N[C@@H](CCO)c1ccnc2ccccc12. The van der Waals surface area contributed by atoms with E-state index in [-0.39, 0.29) is 25.1 Å². The van der Waals surface area contributed by atoms with Gasteiger partial charge in [0.2, 0.25) is 0 Å². The van der Waals surface area contributed by atoms with E-state index in [1.165, 1.54) is 0 Å². The van der Waals surface area contributed by atoms with Gasteiger partial charge in [0.05, 0.1) is 5.52 Å². The van der Waals surface area contributed by atoms with E-state index in [0.29, 0.717) is 6.42 Å². The number of aliphatic hydroxyl groups excluding tert-OH is 1. The Bertz CT molecular complexity index is 456. The fourth-order valence-corrected chi connectivity index (χ4v) is 1.74. The van der Waals surface area contributed by atoms with Crippen LogP contribution in [0, 0.1) is 0 Å². The highest BCUT2D eigenvalue weighted by Crippen LogP contribution is 2.22. The van der Waals surface area contributed by atoms with Crippen LogP contribution in [0.4, 0.5) is 0 Å². The molecule has 0 aliphatic rings. The normalized spacial score (nSPS) is 12.1. The van der Waals surface area contributed by atoms with Gasteiger partial charge in [0.1, 0.15) is 0 Å². The second kappa shape index (κ2) is 5.80. The quantitative estimate of drug-likeness (QED) is 0.860. The van der Waals surface area contributed by atoms with Crippen LogP contribution >= 0.6 is 12.4 Å². The minimum absolute atomic E-state index is 0. The van der Waals surface area contributed by atoms with Crippen LogP contribution in [0.25, 0.3) is 10.9 Å². The number of benzene rings is 1. The van der Waals surface area contributed by atoms with Gasteiger partial charge in [0.25, 0.3) is 0 Å². The van der Waals surface area contributed by atoms with Crippen LogP contribution in [0.15, 0.2) is 36.5 Å². The van der Waals surface area contributed by atoms with Crippen LogP contribution in [0.3, 0.4) is 0 Å². The molecule has 2 aromatic rings. The lowest BCUT2D eigenvalue weighted by molar-refractivity contribution is 0.277. The first-order valence-corrected chi connectivity index (χ1v) is 5.03. The second-order valence-corrected chi connectivity index (χ2v) is 3.54. The van der Waals surface area contributed by atoms with Crippen LogP contribution < -0.4 is 5.73 Å². The van der Waals surface area contributed by atoms with E-state index in [1.807, 2.05) is 30.3 Å². The van der Waals surface area contributed by atoms with Crippen molar-refractivity contribution in [2.75, 3.05) is 6.61 Å². The molecule has 0 fully saturated rings. The molecule has 1 aromatic carbocycles. The van der Waals surface area contributed by atoms with Crippen LogP contribution in [0.1, 0.15) is 18.0 Å². The molecule has 86 valence electrons. The molecule has 0 aliphatic heterocycles. The molecule has 3 N–H and O–H groups in total. The molecule has 0 aliphatic carbocycles. The van der Waals surface area contributed by atoms with Crippen molar-refractivity contribution in [3.05, 3.63) is 42.1 Å². The lowest BCUT2D eigenvalue weighted by Crippen LogP contribution is -2.12. The first-order chi connectivity index (χ1) is 7.33. The maximum Gasteiger partial charge on any atom is 0.0705 e. The lowest BCUT2D eigenvalue weighted by Gasteiger charge is -2.12. The highest BCUT2D eigenvalue weighted by atomic mass is 35.5. The summed E-state index contributed by atoms with van der Waals surface area (Å²) in [7, 11) is 0. The van der Waals surface area contributed by atoms with E-state index in [2.05, 4.69) is 4.98 Å². The number of halogens is 1. The van der Waals surface area contributed by atoms with Gasteiger partial charge in [-0.25, -0.2) is 0 Å². The van der Waals surface area contributed by atoms with Gasteiger partial charge in [-0.3, -0.25) is 4.98 Å². The summed E-state index contributed by atoms with van der Waals surface area (Å²) in [5.74, 6) is 0. The number of aromatic nitrogens is 1. The summed E-state index contributed by atoms with van der Waals surface area (Å²) >= 11 is 0. The number of nitrogens with zero attached hydrogens (tertiary/aromatic N) is 1. The monoisotopic (exact) mass is 238 g/mol. The molecule has 0 bridgehead atoms. The number of hydrogen-bond acceptors (Lipinski definition) is 3. The highest BCUT2D eigenvalue weighted by Gasteiger charge is 2.08. The molecule has 0 unspecified atom stereocenters. The van der Waals surface area contributed by atoms with Crippen molar-refractivity contribution >= 4 is 23.3 Å². The van der Waals surface area contributed by atoms with Gasteiger partial charge in [-0.05, 0) is 24.1 Å². The van der Waals surface area contributed by atoms with Gasteiger partial charge in [-0.15, -0.1) is 12.4 Å². The van der Waals surface area contributed by atoms with Crippen molar-refractivity contribution in [3.8, 4) is 0 Å². The Morgan fingerprint density at radius 1 is 1.25 bits per heavy atom. The van der Waals surface area contributed by atoms with E-state index in [0.717, 1.165) is 16.5 Å². The molecule has 0 radical (unpaired) electrons. The number of pyridine rings is 1. The van der Waals surface area contributed by atoms with Crippen molar-refractivity contribution in [2.45, 2.75) is 12.5 Å². The summed E-state index contributed by atoms with van der Waals surface area (Å²) in [6, 6.07) is 9.70. The Labute approximate surface area is 101 Å². The van der Waals surface area contributed by atoms with E-state index in [1.54, 1.807) is 6.20 Å². The molecule has 4 heteroatoms. The average molecular weight is 239 g/mol. The van der Waals surface area contributed by atoms with Crippen LogP contribution in [-0.2, 0) is 0 Å². The standard InChI is InChI=1S/C12H14N2O.ClH/c13-11(6-8-15)9-5-7-14-12-4-2-1-3-10(9)12;/h1-5,7,11,15H,6,8,13H2;1H/t11-;/m0./s1.